The standard InChI is InChI=1S/C11H17N2S2.CH4O4S/c1-12-6-8-14-10(12)4-3-5-11-13(2)7-9-15-11;1-5-6(2,3)4/h3-5H,6-9H2,1-2H3;1H3,(H,2,3,4)/q+1;/p-1. The minimum atomic E-state index is -4.41. The fraction of sp³-hybridized carbons (Fsp3) is 0.583. The monoisotopic (exact) mass is 352 g/mol. The van der Waals surface area contributed by atoms with E-state index in [2.05, 4.69) is 46.0 Å². The first-order chi connectivity index (χ1) is 9.83. The molecule has 6 nitrogen and oxygen atoms in total. The van der Waals surface area contributed by atoms with Crippen LogP contribution in [0.25, 0.3) is 0 Å². The fourth-order valence-corrected chi connectivity index (χ4v) is 3.70. The predicted molar refractivity (Wildman–Crippen MR) is 87.5 cm³/mol. The summed E-state index contributed by atoms with van der Waals surface area (Å²) < 4.78 is 33.3. The molecule has 0 N–H and O–H groups in total. The van der Waals surface area contributed by atoms with Crippen molar-refractivity contribution in [2.45, 2.75) is 0 Å². The first-order valence-electron chi connectivity index (χ1n) is 6.28. The minimum absolute atomic E-state index is 0.808. The molecular weight excluding hydrogens is 332 g/mol. The number of hydrogen-bond donors (Lipinski definition) is 0. The van der Waals surface area contributed by atoms with Gasteiger partial charge in [-0.15, -0.1) is 11.8 Å². The molecule has 0 amide bonds. The molecule has 0 aromatic rings. The molecule has 120 valence electrons. The maximum Gasteiger partial charge on any atom is 0.234 e. The third-order valence-electron chi connectivity index (χ3n) is 2.79. The Hall–Kier alpha value is -0.480. The van der Waals surface area contributed by atoms with Gasteiger partial charge in [-0.1, -0.05) is 17.8 Å². The van der Waals surface area contributed by atoms with Gasteiger partial charge in [-0.3, -0.25) is 4.18 Å². The quantitative estimate of drug-likeness (QED) is 0.425. The first-order valence-corrected chi connectivity index (χ1v) is 9.58. The number of allylic oxidation sites excluding steroid dienone is 2. The van der Waals surface area contributed by atoms with Gasteiger partial charge in [0.05, 0.1) is 17.9 Å². The van der Waals surface area contributed by atoms with E-state index in [9.17, 15) is 13.0 Å². The summed E-state index contributed by atoms with van der Waals surface area (Å²) in [6, 6.07) is 0. The van der Waals surface area contributed by atoms with Gasteiger partial charge in [0.15, 0.2) is 6.54 Å². The molecule has 0 radical (unpaired) electrons. The van der Waals surface area contributed by atoms with Crippen LogP contribution in [0.1, 0.15) is 0 Å². The van der Waals surface area contributed by atoms with Crippen molar-refractivity contribution in [3.05, 3.63) is 23.3 Å². The lowest BCUT2D eigenvalue weighted by Gasteiger charge is -2.09. The molecular formula is C12H20N2O4S3. The highest BCUT2D eigenvalue weighted by atomic mass is 32.3. The van der Waals surface area contributed by atoms with E-state index in [4.69, 9.17) is 0 Å². The first kappa shape index (κ1) is 18.6. The summed E-state index contributed by atoms with van der Waals surface area (Å²) in [4.78, 5) is 2.31. The van der Waals surface area contributed by atoms with Gasteiger partial charge in [0.1, 0.15) is 7.05 Å². The largest absolute Gasteiger partial charge is 0.726 e. The molecule has 0 spiro atoms. The van der Waals surface area contributed by atoms with Gasteiger partial charge >= 0.3 is 0 Å². The van der Waals surface area contributed by atoms with Crippen LogP contribution in [0.2, 0.25) is 0 Å². The summed E-state index contributed by atoms with van der Waals surface area (Å²) in [5, 5.41) is 2.77. The van der Waals surface area contributed by atoms with E-state index in [-0.39, 0.29) is 0 Å². The van der Waals surface area contributed by atoms with Crippen molar-refractivity contribution in [2.75, 3.05) is 45.8 Å². The Morgan fingerprint density at radius 3 is 2.48 bits per heavy atom. The molecule has 2 aliphatic rings. The van der Waals surface area contributed by atoms with E-state index in [0.717, 1.165) is 7.11 Å². The molecule has 0 aromatic carbocycles. The smallest absolute Gasteiger partial charge is 0.234 e. The molecule has 2 heterocycles. The van der Waals surface area contributed by atoms with E-state index in [0.29, 0.717) is 0 Å². The third kappa shape index (κ3) is 7.37. The van der Waals surface area contributed by atoms with Gasteiger partial charge in [0.2, 0.25) is 15.4 Å². The molecule has 0 atom stereocenters. The maximum atomic E-state index is 9.22. The Balaban J connectivity index is 0.000000315. The molecule has 2 aliphatic heterocycles. The van der Waals surface area contributed by atoms with Gasteiger partial charge in [0, 0.05) is 25.4 Å². The highest BCUT2D eigenvalue weighted by molar-refractivity contribution is 8.14. The number of nitrogens with zero attached hydrogens (tertiary/aromatic N) is 2. The molecule has 0 aromatic heterocycles. The topological polar surface area (TPSA) is 72.7 Å². The zero-order valence-corrected chi connectivity index (χ0v) is 14.8. The Morgan fingerprint density at radius 1 is 1.38 bits per heavy atom. The summed E-state index contributed by atoms with van der Waals surface area (Å²) in [7, 11) is 0.708. The number of hydrogen-bond acceptors (Lipinski definition) is 7. The van der Waals surface area contributed by atoms with Crippen molar-refractivity contribution in [3.8, 4) is 0 Å². The van der Waals surface area contributed by atoms with Gasteiger partial charge in [-0.2, -0.15) is 0 Å². The lowest BCUT2D eigenvalue weighted by atomic mass is 10.4. The molecule has 21 heavy (non-hydrogen) atoms. The summed E-state index contributed by atoms with van der Waals surface area (Å²) in [6.07, 6.45) is 6.61. The zero-order valence-electron chi connectivity index (χ0n) is 12.3. The van der Waals surface area contributed by atoms with E-state index >= 15 is 0 Å². The maximum absolute atomic E-state index is 9.22. The van der Waals surface area contributed by atoms with E-state index in [1.807, 2.05) is 23.5 Å². The van der Waals surface area contributed by atoms with Crippen molar-refractivity contribution in [3.63, 3.8) is 0 Å². The van der Waals surface area contributed by atoms with E-state index < -0.39 is 10.4 Å². The van der Waals surface area contributed by atoms with Crippen molar-refractivity contribution in [1.29, 1.82) is 0 Å². The Bertz CT molecular complexity index is 541. The van der Waals surface area contributed by atoms with Gasteiger partial charge in [0.25, 0.3) is 0 Å². The van der Waals surface area contributed by atoms with Gasteiger partial charge in [-0.05, 0) is 6.08 Å². The van der Waals surface area contributed by atoms with Crippen LogP contribution in [-0.2, 0) is 14.6 Å². The summed E-state index contributed by atoms with van der Waals surface area (Å²) >= 11 is 3.88. The molecule has 1 fully saturated rings. The van der Waals surface area contributed by atoms with E-state index in [1.54, 1.807) is 0 Å². The third-order valence-corrected chi connectivity index (χ3v) is 5.46. The average molecular weight is 353 g/mol. The lowest BCUT2D eigenvalue weighted by Crippen LogP contribution is -2.10. The minimum Gasteiger partial charge on any atom is -0.726 e. The Morgan fingerprint density at radius 2 is 2.05 bits per heavy atom. The van der Waals surface area contributed by atoms with Crippen molar-refractivity contribution in [1.82, 2.24) is 4.90 Å². The van der Waals surface area contributed by atoms with E-state index in [1.165, 1.54) is 34.7 Å². The van der Waals surface area contributed by atoms with Gasteiger partial charge in [-0.25, -0.2) is 13.0 Å². The number of rotatable bonds is 3. The van der Waals surface area contributed by atoms with Crippen LogP contribution in [0, 0.1) is 0 Å². The van der Waals surface area contributed by atoms with Crippen LogP contribution >= 0.6 is 23.5 Å². The molecule has 0 bridgehead atoms. The predicted octanol–water partition coefficient (Wildman–Crippen LogP) is 0.943. The SMILES string of the molecule is CN1CCS/C1=C/C=C/C1=[N+](C)CCS1.COS(=O)(=O)[O-]. The average Bonchev–Trinajstić information content (AvgIpc) is 3.00. The van der Waals surface area contributed by atoms with Crippen LogP contribution in [0.5, 0.6) is 0 Å². The van der Waals surface area contributed by atoms with Crippen LogP contribution < -0.4 is 0 Å². The molecule has 1 saturated heterocycles. The van der Waals surface area contributed by atoms with Crippen molar-refractivity contribution < 1.29 is 21.7 Å². The normalized spacial score (nSPS) is 21.3. The summed E-state index contributed by atoms with van der Waals surface area (Å²) in [5.41, 5.74) is 0. The molecule has 0 aliphatic carbocycles. The second kappa shape index (κ2) is 8.84. The Labute approximate surface area is 134 Å². The molecule has 2 rings (SSSR count). The van der Waals surface area contributed by atoms with Crippen LogP contribution in [-0.4, -0.2) is 73.3 Å². The van der Waals surface area contributed by atoms with Crippen LogP contribution in [0.15, 0.2) is 23.3 Å². The number of thioether (sulfide) groups is 2. The molecule has 0 unspecified atom stereocenters. The lowest BCUT2D eigenvalue weighted by molar-refractivity contribution is -0.485. The van der Waals surface area contributed by atoms with Crippen LogP contribution in [0.4, 0.5) is 0 Å². The fourth-order valence-electron chi connectivity index (χ4n) is 1.58. The van der Waals surface area contributed by atoms with Crippen molar-refractivity contribution in [2.24, 2.45) is 0 Å². The molecule has 0 saturated carbocycles. The van der Waals surface area contributed by atoms with Gasteiger partial charge < -0.3 is 9.45 Å². The summed E-state index contributed by atoms with van der Waals surface area (Å²) in [6.45, 7) is 2.35. The Kier molecular flexibility index (Phi) is 7.82. The second-order valence-corrected chi connectivity index (χ2v) is 7.70. The summed E-state index contributed by atoms with van der Waals surface area (Å²) in [5.74, 6) is 2.45. The highest BCUT2D eigenvalue weighted by Gasteiger charge is 2.16. The second-order valence-electron chi connectivity index (χ2n) is 4.32. The highest BCUT2D eigenvalue weighted by Crippen LogP contribution is 2.25. The van der Waals surface area contributed by atoms with Crippen molar-refractivity contribution >= 4 is 39.0 Å². The van der Waals surface area contributed by atoms with Crippen LogP contribution in [0.3, 0.4) is 0 Å². The molecule has 9 heteroatoms. The zero-order chi connectivity index (χ0) is 15.9.